The van der Waals surface area contributed by atoms with Crippen LogP contribution < -0.4 is 5.73 Å². The molecule has 1 heterocycles. The second-order valence-electron chi connectivity index (χ2n) is 3.19. The van der Waals surface area contributed by atoms with Crippen molar-refractivity contribution in [1.29, 1.82) is 5.26 Å². The number of aromatic nitrogens is 1. The van der Waals surface area contributed by atoms with Crippen molar-refractivity contribution in [3.05, 3.63) is 29.6 Å². The summed E-state index contributed by atoms with van der Waals surface area (Å²) in [6.07, 6.45) is -2.76. The van der Waals surface area contributed by atoms with Gasteiger partial charge in [0.2, 0.25) is 0 Å². The molecule has 0 saturated heterocycles. The fourth-order valence-electron chi connectivity index (χ4n) is 1.16. The first-order valence-corrected chi connectivity index (χ1v) is 4.56. The summed E-state index contributed by atoms with van der Waals surface area (Å²) in [4.78, 5) is 14.6. The molecule has 6 nitrogen and oxygen atoms in total. The van der Waals surface area contributed by atoms with E-state index in [1.807, 2.05) is 0 Å². The number of carbonyl (C=O) groups excluding carboxylic acids is 1. The fourth-order valence-corrected chi connectivity index (χ4v) is 1.16. The lowest BCUT2D eigenvalue weighted by Crippen LogP contribution is -2.20. The maximum Gasteiger partial charge on any atom is 0.267 e. The number of rotatable bonds is 4. The van der Waals surface area contributed by atoms with E-state index >= 15 is 0 Å². The molecular weight excluding hydrogens is 210 g/mol. The van der Waals surface area contributed by atoms with E-state index in [0.717, 1.165) is 0 Å². The number of hydrogen-bond acceptors (Lipinski definition) is 5. The Morgan fingerprint density at radius 2 is 2.25 bits per heavy atom. The number of hydrogen-bond donors (Lipinski definition) is 3. The summed E-state index contributed by atoms with van der Waals surface area (Å²) in [6.45, 7) is 0. The molecule has 0 bridgehead atoms. The van der Waals surface area contributed by atoms with E-state index in [2.05, 4.69) is 4.98 Å². The van der Waals surface area contributed by atoms with Crippen molar-refractivity contribution in [3.63, 3.8) is 0 Å². The standard InChI is InChI=1S/C10H11N3O3/c11-5-4-8(14)9(15)6-2-1-3-7(13-6)10(12)16/h1-3,8-9,14-15H,4H2,(H2,12,16). The lowest BCUT2D eigenvalue weighted by atomic mass is 10.1. The highest BCUT2D eigenvalue weighted by atomic mass is 16.3. The van der Waals surface area contributed by atoms with Crippen molar-refractivity contribution >= 4 is 5.91 Å². The molecule has 0 radical (unpaired) electrons. The summed E-state index contributed by atoms with van der Waals surface area (Å²) in [7, 11) is 0. The zero-order chi connectivity index (χ0) is 12.1. The molecule has 1 aromatic rings. The van der Waals surface area contributed by atoms with Gasteiger partial charge in [0.25, 0.3) is 5.91 Å². The summed E-state index contributed by atoms with van der Waals surface area (Å²) in [5.41, 5.74) is 5.13. The second-order valence-corrected chi connectivity index (χ2v) is 3.19. The van der Waals surface area contributed by atoms with Crippen LogP contribution in [0.3, 0.4) is 0 Å². The quantitative estimate of drug-likeness (QED) is 0.632. The van der Waals surface area contributed by atoms with Crippen LogP contribution in [0.25, 0.3) is 0 Å². The number of carbonyl (C=O) groups is 1. The van der Waals surface area contributed by atoms with Gasteiger partial charge in [-0.1, -0.05) is 6.07 Å². The average Bonchev–Trinajstić information content (AvgIpc) is 2.28. The van der Waals surface area contributed by atoms with Crippen LogP contribution in [0.5, 0.6) is 0 Å². The Kier molecular flexibility index (Phi) is 3.94. The maximum absolute atomic E-state index is 10.8. The van der Waals surface area contributed by atoms with Crippen molar-refractivity contribution in [3.8, 4) is 6.07 Å². The molecule has 6 heteroatoms. The van der Waals surface area contributed by atoms with Gasteiger partial charge in [0.15, 0.2) is 0 Å². The molecule has 1 rings (SSSR count). The summed E-state index contributed by atoms with van der Waals surface area (Å²) in [5, 5.41) is 27.3. The van der Waals surface area contributed by atoms with E-state index in [1.165, 1.54) is 18.2 Å². The van der Waals surface area contributed by atoms with Gasteiger partial charge in [-0.15, -0.1) is 0 Å². The van der Waals surface area contributed by atoms with Crippen LogP contribution in [0.1, 0.15) is 28.7 Å². The molecule has 0 aliphatic heterocycles. The van der Waals surface area contributed by atoms with Crippen LogP contribution in [0, 0.1) is 11.3 Å². The lowest BCUT2D eigenvalue weighted by molar-refractivity contribution is 0.0189. The van der Waals surface area contributed by atoms with E-state index in [0.29, 0.717) is 0 Å². The molecule has 4 N–H and O–H groups in total. The number of aliphatic hydroxyl groups excluding tert-OH is 2. The summed E-state index contributed by atoms with van der Waals surface area (Å²) in [6, 6.07) is 6.06. The normalized spacial score (nSPS) is 13.8. The van der Waals surface area contributed by atoms with Gasteiger partial charge in [-0.05, 0) is 12.1 Å². The minimum absolute atomic E-state index is 0.000655. The lowest BCUT2D eigenvalue weighted by Gasteiger charge is -2.14. The Bertz CT molecular complexity index is 428. The SMILES string of the molecule is N#CCC(O)C(O)c1cccc(C(N)=O)n1. The summed E-state index contributed by atoms with van der Waals surface area (Å²) < 4.78 is 0. The number of nitriles is 1. The highest BCUT2D eigenvalue weighted by molar-refractivity contribution is 5.90. The van der Waals surface area contributed by atoms with Crippen LogP contribution in [0.4, 0.5) is 0 Å². The minimum Gasteiger partial charge on any atom is -0.389 e. The molecule has 16 heavy (non-hydrogen) atoms. The molecule has 0 aliphatic carbocycles. The Labute approximate surface area is 92.0 Å². The molecule has 0 fully saturated rings. The van der Waals surface area contributed by atoms with Gasteiger partial charge in [0, 0.05) is 0 Å². The zero-order valence-corrected chi connectivity index (χ0v) is 8.37. The number of nitrogens with zero attached hydrogens (tertiary/aromatic N) is 2. The van der Waals surface area contributed by atoms with Gasteiger partial charge in [-0.2, -0.15) is 5.26 Å². The highest BCUT2D eigenvalue weighted by Gasteiger charge is 2.20. The smallest absolute Gasteiger partial charge is 0.267 e. The Morgan fingerprint density at radius 3 is 2.81 bits per heavy atom. The first-order valence-electron chi connectivity index (χ1n) is 4.56. The molecule has 84 valence electrons. The molecule has 1 aromatic heterocycles. The first-order chi connectivity index (χ1) is 7.56. The van der Waals surface area contributed by atoms with Gasteiger partial charge < -0.3 is 15.9 Å². The number of amides is 1. The van der Waals surface area contributed by atoms with Gasteiger partial charge in [-0.25, -0.2) is 4.98 Å². The predicted octanol–water partition coefficient (Wildman–Crippen LogP) is -0.512. The predicted molar refractivity (Wildman–Crippen MR) is 54.0 cm³/mol. The van der Waals surface area contributed by atoms with Crippen molar-refractivity contribution in [2.24, 2.45) is 5.73 Å². The molecule has 0 spiro atoms. The number of aliphatic hydroxyl groups is 2. The Balaban J connectivity index is 2.92. The van der Waals surface area contributed by atoms with E-state index in [4.69, 9.17) is 11.0 Å². The van der Waals surface area contributed by atoms with Gasteiger partial charge in [0.1, 0.15) is 11.8 Å². The van der Waals surface area contributed by atoms with Crippen LogP contribution in [0.2, 0.25) is 0 Å². The van der Waals surface area contributed by atoms with Gasteiger partial charge >= 0.3 is 0 Å². The third-order valence-electron chi connectivity index (χ3n) is 1.99. The summed E-state index contributed by atoms with van der Waals surface area (Å²) in [5.74, 6) is -0.719. The Morgan fingerprint density at radius 1 is 1.56 bits per heavy atom. The van der Waals surface area contributed by atoms with Crippen LogP contribution >= 0.6 is 0 Å². The van der Waals surface area contributed by atoms with Crippen LogP contribution in [0.15, 0.2) is 18.2 Å². The van der Waals surface area contributed by atoms with Crippen molar-refractivity contribution in [2.75, 3.05) is 0 Å². The van der Waals surface area contributed by atoms with Crippen LogP contribution in [-0.4, -0.2) is 27.2 Å². The highest BCUT2D eigenvalue weighted by Crippen LogP contribution is 2.16. The molecular formula is C10H11N3O3. The largest absolute Gasteiger partial charge is 0.389 e. The number of primary amides is 1. The number of pyridine rings is 1. The summed E-state index contributed by atoms with van der Waals surface area (Å²) >= 11 is 0. The van der Waals surface area contributed by atoms with E-state index < -0.39 is 18.1 Å². The Hall–Kier alpha value is -1.97. The van der Waals surface area contributed by atoms with Gasteiger partial charge in [-0.3, -0.25) is 4.79 Å². The molecule has 0 aliphatic rings. The molecule has 2 atom stereocenters. The number of nitrogens with two attached hydrogens (primary N) is 1. The third kappa shape index (κ3) is 2.76. The first kappa shape index (κ1) is 12.1. The van der Waals surface area contributed by atoms with E-state index in [9.17, 15) is 15.0 Å². The molecule has 2 unspecified atom stereocenters. The fraction of sp³-hybridized carbons (Fsp3) is 0.300. The maximum atomic E-state index is 10.8. The second kappa shape index (κ2) is 5.21. The topological polar surface area (TPSA) is 120 Å². The van der Waals surface area contributed by atoms with Crippen molar-refractivity contribution in [1.82, 2.24) is 4.98 Å². The van der Waals surface area contributed by atoms with E-state index in [1.54, 1.807) is 6.07 Å². The molecule has 1 amide bonds. The third-order valence-corrected chi connectivity index (χ3v) is 1.99. The van der Waals surface area contributed by atoms with Crippen molar-refractivity contribution in [2.45, 2.75) is 18.6 Å². The minimum atomic E-state index is -1.31. The van der Waals surface area contributed by atoms with Crippen molar-refractivity contribution < 1.29 is 15.0 Å². The van der Waals surface area contributed by atoms with E-state index in [-0.39, 0.29) is 17.8 Å². The molecule has 0 aromatic carbocycles. The van der Waals surface area contributed by atoms with Crippen LogP contribution in [-0.2, 0) is 0 Å². The van der Waals surface area contributed by atoms with Gasteiger partial charge in [0.05, 0.1) is 24.3 Å². The average molecular weight is 221 g/mol. The molecule has 0 saturated carbocycles. The zero-order valence-electron chi connectivity index (χ0n) is 8.37. The monoisotopic (exact) mass is 221 g/mol.